The Labute approximate surface area is 80.2 Å². The van der Waals surface area contributed by atoms with Crippen molar-refractivity contribution in [2.24, 2.45) is 15.7 Å². The van der Waals surface area contributed by atoms with E-state index in [0.717, 1.165) is 0 Å². The van der Waals surface area contributed by atoms with E-state index in [1.807, 2.05) is 0 Å². The highest BCUT2D eigenvalue weighted by Gasteiger charge is 2.31. The lowest BCUT2D eigenvalue weighted by Gasteiger charge is -2.22. The van der Waals surface area contributed by atoms with Crippen molar-refractivity contribution in [1.82, 2.24) is 0 Å². The van der Waals surface area contributed by atoms with Crippen LogP contribution in [0.25, 0.3) is 0 Å². The predicted octanol–water partition coefficient (Wildman–Crippen LogP) is -3.17. The molecule has 0 aromatic carbocycles. The van der Waals surface area contributed by atoms with Gasteiger partial charge in [-0.05, 0) is 0 Å². The Kier molecular flexibility index (Phi) is 3.53. The molecular formula is C7H13N3O4. The average Bonchev–Trinajstić information content (AvgIpc) is 2.61. The molecule has 7 nitrogen and oxygen atoms in total. The number of nitrogens with two attached hydrogens (primary N) is 1. The van der Waals surface area contributed by atoms with Gasteiger partial charge in [-0.3, -0.25) is 0 Å². The standard InChI is InChI=1S/C7H13N3O4/c8-7-9-1-3(10-7)5(13)6(14)4(12)2-11/h1,3-6,11-14H,2H2,(H2,8,10)/t3-,4+,5+,6+/m1/s1. The molecular weight excluding hydrogens is 190 g/mol. The van der Waals surface area contributed by atoms with E-state index in [1.165, 1.54) is 6.21 Å². The largest absolute Gasteiger partial charge is 0.394 e. The fourth-order valence-corrected chi connectivity index (χ4v) is 1.07. The third kappa shape index (κ3) is 2.26. The lowest BCUT2D eigenvalue weighted by Crippen LogP contribution is -2.45. The van der Waals surface area contributed by atoms with Crippen molar-refractivity contribution in [2.75, 3.05) is 6.61 Å². The van der Waals surface area contributed by atoms with Gasteiger partial charge in [0.1, 0.15) is 24.4 Å². The molecule has 4 atom stereocenters. The Morgan fingerprint density at radius 1 is 1.43 bits per heavy atom. The van der Waals surface area contributed by atoms with Crippen molar-refractivity contribution in [2.45, 2.75) is 24.4 Å². The molecule has 0 aliphatic carbocycles. The number of aliphatic hydroxyl groups excluding tert-OH is 4. The second-order valence-electron chi connectivity index (χ2n) is 2.99. The Morgan fingerprint density at radius 3 is 2.50 bits per heavy atom. The van der Waals surface area contributed by atoms with E-state index in [1.54, 1.807) is 0 Å². The van der Waals surface area contributed by atoms with Gasteiger partial charge in [0.15, 0.2) is 0 Å². The summed E-state index contributed by atoms with van der Waals surface area (Å²) >= 11 is 0. The number of aliphatic imine (C=N–C) groups is 2. The molecule has 0 saturated carbocycles. The number of nitrogens with zero attached hydrogens (tertiary/aromatic N) is 2. The maximum atomic E-state index is 9.46. The Morgan fingerprint density at radius 2 is 2.07 bits per heavy atom. The molecule has 0 amide bonds. The third-order valence-electron chi connectivity index (χ3n) is 1.92. The molecule has 0 fully saturated rings. The Hall–Kier alpha value is -1.02. The first-order valence-corrected chi connectivity index (χ1v) is 4.08. The highest BCUT2D eigenvalue weighted by molar-refractivity contribution is 5.93. The van der Waals surface area contributed by atoms with Crippen molar-refractivity contribution in [3.8, 4) is 0 Å². The van der Waals surface area contributed by atoms with Crippen LogP contribution in [-0.2, 0) is 0 Å². The fraction of sp³-hybridized carbons (Fsp3) is 0.714. The van der Waals surface area contributed by atoms with Gasteiger partial charge in [-0.2, -0.15) is 0 Å². The zero-order valence-corrected chi connectivity index (χ0v) is 7.35. The molecule has 0 unspecified atom stereocenters. The van der Waals surface area contributed by atoms with E-state index in [-0.39, 0.29) is 5.96 Å². The van der Waals surface area contributed by atoms with E-state index < -0.39 is 31.0 Å². The van der Waals surface area contributed by atoms with Crippen LogP contribution in [0.15, 0.2) is 9.98 Å². The van der Waals surface area contributed by atoms with Gasteiger partial charge in [-0.1, -0.05) is 0 Å². The summed E-state index contributed by atoms with van der Waals surface area (Å²) in [6, 6.07) is -0.772. The lowest BCUT2D eigenvalue weighted by molar-refractivity contribution is -0.0767. The summed E-state index contributed by atoms with van der Waals surface area (Å²) in [5.41, 5.74) is 5.22. The maximum Gasteiger partial charge on any atom is 0.215 e. The van der Waals surface area contributed by atoms with Gasteiger partial charge in [0.05, 0.1) is 6.61 Å². The third-order valence-corrected chi connectivity index (χ3v) is 1.92. The highest BCUT2D eigenvalue weighted by Crippen LogP contribution is 2.09. The zero-order chi connectivity index (χ0) is 10.7. The second kappa shape index (κ2) is 4.47. The molecule has 0 saturated heterocycles. The van der Waals surface area contributed by atoms with Crippen LogP contribution in [0.4, 0.5) is 0 Å². The van der Waals surface area contributed by atoms with Crippen LogP contribution in [0.2, 0.25) is 0 Å². The minimum Gasteiger partial charge on any atom is -0.394 e. The van der Waals surface area contributed by atoms with Gasteiger partial charge in [-0.15, -0.1) is 0 Å². The number of aliphatic hydroxyl groups is 4. The fourth-order valence-electron chi connectivity index (χ4n) is 1.07. The summed E-state index contributed by atoms with van der Waals surface area (Å²) in [7, 11) is 0. The first-order chi connectivity index (χ1) is 6.56. The van der Waals surface area contributed by atoms with Crippen LogP contribution in [0.5, 0.6) is 0 Å². The van der Waals surface area contributed by atoms with Gasteiger partial charge >= 0.3 is 0 Å². The number of rotatable bonds is 4. The van der Waals surface area contributed by atoms with E-state index in [0.29, 0.717) is 0 Å². The molecule has 1 heterocycles. The van der Waals surface area contributed by atoms with Crippen LogP contribution >= 0.6 is 0 Å². The number of guanidine groups is 1. The second-order valence-corrected chi connectivity index (χ2v) is 2.99. The van der Waals surface area contributed by atoms with Crippen molar-refractivity contribution in [3.05, 3.63) is 0 Å². The topological polar surface area (TPSA) is 132 Å². The minimum atomic E-state index is -1.48. The Balaban J connectivity index is 2.57. The van der Waals surface area contributed by atoms with Crippen LogP contribution in [0.1, 0.15) is 0 Å². The van der Waals surface area contributed by atoms with Gasteiger partial charge in [0, 0.05) is 6.21 Å². The number of hydrogen-bond donors (Lipinski definition) is 5. The summed E-state index contributed by atoms with van der Waals surface area (Å²) in [4.78, 5) is 7.29. The average molecular weight is 203 g/mol. The molecule has 80 valence electrons. The monoisotopic (exact) mass is 203 g/mol. The summed E-state index contributed by atoms with van der Waals surface area (Å²) in [5.74, 6) is 0.0136. The molecule has 1 rings (SSSR count). The molecule has 14 heavy (non-hydrogen) atoms. The number of hydrogen-bond acceptors (Lipinski definition) is 7. The molecule has 0 bridgehead atoms. The quantitative estimate of drug-likeness (QED) is 0.329. The summed E-state index contributed by atoms with van der Waals surface area (Å²) in [6.45, 7) is -0.638. The van der Waals surface area contributed by atoms with Crippen LogP contribution in [0, 0.1) is 0 Å². The highest BCUT2D eigenvalue weighted by atomic mass is 16.4. The molecule has 0 radical (unpaired) electrons. The van der Waals surface area contributed by atoms with Crippen molar-refractivity contribution in [3.63, 3.8) is 0 Å². The van der Waals surface area contributed by atoms with Crippen molar-refractivity contribution < 1.29 is 20.4 Å². The van der Waals surface area contributed by atoms with Crippen LogP contribution in [0.3, 0.4) is 0 Å². The predicted molar refractivity (Wildman–Crippen MR) is 49.0 cm³/mol. The maximum absolute atomic E-state index is 9.46. The van der Waals surface area contributed by atoms with E-state index >= 15 is 0 Å². The summed E-state index contributed by atoms with van der Waals surface area (Å²) in [5, 5.41) is 36.3. The first-order valence-electron chi connectivity index (χ1n) is 4.08. The molecule has 0 aromatic rings. The molecule has 7 heteroatoms. The van der Waals surface area contributed by atoms with Gasteiger partial charge < -0.3 is 26.2 Å². The molecule has 0 aromatic heterocycles. The SMILES string of the molecule is NC1=N[C@@H]([C@H](O)[C@@H](O)[C@@H](O)CO)C=N1. The minimum absolute atomic E-state index is 0.0136. The normalized spacial score (nSPS) is 27.1. The zero-order valence-electron chi connectivity index (χ0n) is 7.35. The molecule has 6 N–H and O–H groups in total. The molecule has 0 spiro atoms. The van der Waals surface area contributed by atoms with Crippen LogP contribution < -0.4 is 5.73 Å². The molecule has 1 aliphatic rings. The van der Waals surface area contributed by atoms with E-state index in [2.05, 4.69) is 9.98 Å². The van der Waals surface area contributed by atoms with E-state index in [9.17, 15) is 10.2 Å². The first kappa shape index (κ1) is 11.1. The van der Waals surface area contributed by atoms with Gasteiger partial charge in [0.2, 0.25) is 5.96 Å². The van der Waals surface area contributed by atoms with Crippen molar-refractivity contribution in [1.29, 1.82) is 0 Å². The van der Waals surface area contributed by atoms with Gasteiger partial charge in [-0.25, -0.2) is 9.98 Å². The lowest BCUT2D eigenvalue weighted by atomic mass is 10.0. The molecule has 1 aliphatic heterocycles. The van der Waals surface area contributed by atoms with Gasteiger partial charge in [0.25, 0.3) is 0 Å². The Bertz CT molecular complexity index is 255. The summed E-state index contributed by atoms with van der Waals surface area (Å²) < 4.78 is 0. The van der Waals surface area contributed by atoms with Crippen molar-refractivity contribution >= 4 is 12.2 Å². The van der Waals surface area contributed by atoms with E-state index in [4.69, 9.17) is 15.9 Å². The smallest absolute Gasteiger partial charge is 0.215 e. The summed E-state index contributed by atoms with van der Waals surface area (Å²) in [6.07, 6.45) is -2.95. The van der Waals surface area contributed by atoms with Crippen LogP contribution in [-0.4, -0.2) is 63.6 Å².